The van der Waals surface area contributed by atoms with E-state index in [0.717, 1.165) is 36.5 Å². The third-order valence-electron chi connectivity index (χ3n) is 4.63. The number of benzene rings is 2. The molecule has 1 aliphatic rings. The van der Waals surface area contributed by atoms with Gasteiger partial charge in [0.1, 0.15) is 10.7 Å². The van der Waals surface area contributed by atoms with Crippen molar-refractivity contribution in [1.82, 2.24) is 10.0 Å². The molecule has 0 spiro atoms. The number of halogens is 1. The number of nitrogens with zero attached hydrogens (tertiary/aromatic N) is 1. The first-order chi connectivity index (χ1) is 13.9. The van der Waals surface area contributed by atoms with Gasteiger partial charge in [-0.1, -0.05) is 24.3 Å². The lowest BCUT2D eigenvalue weighted by Crippen LogP contribution is -2.44. The Hall–Kier alpha value is -2.49. The summed E-state index contributed by atoms with van der Waals surface area (Å²) in [4.78, 5) is 14.0. The SMILES string of the molecule is C[C@H](NS(=O)(=O)c1ccccc1F)C(=O)NCc1ccc(N2CCOCC2)cc1. The first-order valence-electron chi connectivity index (χ1n) is 9.33. The van der Waals surface area contributed by atoms with Gasteiger partial charge in [0.15, 0.2) is 0 Å². The first kappa shape index (κ1) is 21.2. The summed E-state index contributed by atoms with van der Waals surface area (Å²) in [5, 5.41) is 2.69. The molecule has 7 nitrogen and oxygen atoms in total. The molecule has 1 saturated heterocycles. The number of hydrogen-bond donors (Lipinski definition) is 2. The molecule has 3 rings (SSSR count). The fourth-order valence-electron chi connectivity index (χ4n) is 3.00. The molecule has 0 bridgehead atoms. The van der Waals surface area contributed by atoms with Crippen molar-refractivity contribution in [2.24, 2.45) is 0 Å². The monoisotopic (exact) mass is 421 g/mol. The molecule has 0 radical (unpaired) electrons. The van der Waals surface area contributed by atoms with Crippen LogP contribution in [0.3, 0.4) is 0 Å². The van der Waals surface area contributed by atoms with Crippen LogP contribution in [0.15, 0.2) is 53.4 Å². The van der Waals surface area contributed by atoms with Crippen molar-refractivity contribution >= 4 is 21.6 Å². The van der Waals surface area contributed by atoms with Gasteiger partial charge < -0.3 is 15.0 Å². The highest BCUT2D eigenvalue weighted by atomic mass is 32.2. The molecule has 1 aliphatic heterocycles. The maximum absolute atomic E-state index is 13.7. The fourth-order valence-corrected chi connectivity index (χ4v) is 4.28. The van der Waals surface area contributed by atoms with Crippen molar-refractivity contribution in [3.8, 4) is 0 Å². The summed E-state index contributed by atoms with van der Waals surface area (Å²) in [6.07, 6.45) is 0. The molecule has 0 aromatic heterocycles. The van der Waals surface area contributed by atoms with Crippen molar-refractivity contribution in [3.63, 3.8) is 0 Å². The van der Waals surface area contributed by atoms with Crippen molar-refractivity contribution in [2.45, 2.75) is 24.4 Å². The number of ether oxygens (including phenoxy) is 1. The quantitative estimate of drug-likeness (QED) is 0.710. The van der Waals surface area contributed by atoms with E-state index in [1.54, 1.807) is 0 Å². The van der Waals surface area contributed by atoms with Crippen LogP contribution in [0.1, 0.15) is 12.5 Å². The predicted octanol–water partition coefficient (Wildman–Crippen LogP) is 1.65. The third kappa shape index (κ3) is 5.53. The summed E-state index contributed by atoms with van der Waals surface area (Å²) in [7, 11) is -4.14. The van der Waals surface area contributed by atoms with Gasteiger partial charge >= 0.3 is 0 Å². The Morgan fingerprint density at radius 2 is 1.79 bits per heavy atom. The highest BCUT2D eigenvalue weighted by Gasteiger charge is 2.24. The van der Waals surface area contributed by atoms with Crippen LogP contribution < -0.4 is 14.9 Å². The summed E-state index contributed by atoms with van der Waals surface area (Å²) >= 11 is 0. The molecule has 2 aromatic rings. The van der Waals surface area contributed by atoms with Crippen LogP contribution in [0, 0.1) is 5.82 Å². The normalized spacial score (nSPS) is 15.7. The molecule has 2 aromatic carbocycles. The van der Waals surface area contributed by atoms with Crippen LogP contribution in [0.4, 0.5) is 10.1 Å². The molecule has 1 atom stereocenters. The number of sulfonamides is 1. The molecule has 1 fully saturated rings. The highest BCUT2D eigenvalue weighted by molar-refractivity contribution is 7.89. The number of rotatable bonds is 7. The van der Waals surface area contributed by atoms with E-state index in [0.29, 0.717) is 13.2 Å². The minimum atomic E-state index is -4.14. The van der Waals surface area contributed by atoms with Gasteiger partial charge in [0.25, 0.3) is 0 Å². The Morgan fingerprint density at radius 3 is 2.45 bits per heavy atom. The van der Waals surface area contributed by atoms with Crippen molar-refractivity contribution in [1.29, 1.82) is 0 Å². The number of anilines is 1. The van der Waals surface area contributed by atoms with Gasteiger partial charge in [-0.15, -0.1) is 0 Å². The van der Waals surface area contributed by atoms with Crippen molar-refractivity contribution in [2.75, 3.05) is 31.2 Å². The topological polar surface area (TPSA) is 87.7 Å². The summed E-state index contributed by atoms with van der Waals surface area (Å²) in [6.45, 7) is 4.77. The minimum absolute atomic E-state index is 0.258. The second-order valence-electron chi connectivity index (χ2n) is 6.76. The molecule has 1 amide bonds. The molecular formula is C20H24FN3O4S. The van der Waals surface area contributed by atoms with Gasteiger partial charge in [0.2, 0.25) is 15.9 Å². The lowest BCUT2D eigenvalue weighted by molar-refractivity contribution is -0.122. The Labute approximate surface area is 169 Å². The van der Waals surface area contributed by atoms with Crippen LogP contribution in [0.25, 0.3) is 0 Å². The Morgan fingerprint density at radius 1 is 1.14 bits per heavy atom. The van der Waals surface area contributed by atoms with E-state index in [1.165, 1.54) is 19.1 Å². The van der Waals surface area contributed by atoms with Crippen LogP contribution in [-0.4, -0.2) is 46.7 Å². The average molecular weight is 421 g/mol. The number of hydrogen-bond acceptors (Lipinski definition) is 5. The van der Waals surface area contributed by atoms with E-state index in [9.17, 15) is 17.6 Å². The molecule has 0 saturated carbocycles. The van der Waals surface area contributed by atoms with E-state index >= 15 is 0 Å². The molecule has 0 unspecified atom stereocenters. The fraction of sp³-hybridized carbons (Fsp3) is 0.350. The van der Waals surface area contributed by atoms with E-state index in [2.05, 4.69) is 14.9 Å². The zero-order chi connectivity index (χ0) is 20.9. The second kappa shape index (κ2) is 9.34. The van der Waals surface area contributed by atoms with Gasteiger partial charge in [-0.2, -0.15) is 4.72 Å². The van der Waals surface area contributed by atoms with E-state index in [-0.39, 0.29) is 6.54 Å². The molecular weight excluding hydrogens is 397 g/mol. The Kier molecular flexibility index (Phi) is 6.83. The van der Waals surface area contributed by atoms with Gasteiger partial charge in [-0.05, 0) is 36.8 Å². The molecule has 1 heterocycles. The maximum Gasteiger partial charge on any atom is 0.244 e. The standard InChI is InChI=1S/C20H24FN3O4S/c1-15(23-29(26,27)19-5-3-2-4-18(19)21)20(25)22-14-16-6-8-17(9-7-16)24-10-12-28-13-11-24/h2-9,15,23H,10-14H2,1H3,(H,22,25)/t15-/m0/s1. The van der Waals surface area contributed by atoms with Crippen LogP contribution >= 0.6 is 0 Å². The minimum Gasteiger partial charge on any atom is -0.378 e. The van der Waals surface area contributed by atoms with Crippen LogP contribution in [0.5, 0.6) is 0 Å². The number of amides is 1. The lowest BCUT2D eigenvalue weighted by Gasteiger charge is -2.28. The molecule has 9 heteroatoms. The van der Waals surface area contributed by atoms with E-state index in [1.807, 2.05) is 24.3 Å². The summed E-state index contributed by atoms with van der Waals surface area (Å²) in [6, 6.07) is 11.8. The molecule has 2 N–H and O–H groups in total. The number of morpholine rings is 1. The smallest absolute Gasteiger partial charge is 0.244 e. The Balaban J connectivity index is 1.54. The second-order valence-corrected chi connectivity index (χ2v) is 8.44. The molecule has 29 heavy (non-hydrogen) atoms. The molecule has 156 valence electrons. The highest BCUT2D eigenvalue weighted by Crippen LogP contribution is 2.17. The van der Waals surface area contributed by atoms with E-state index < -0.39 is 32.7 Å². The van der Waals surface area contributed by atoms with Gasteiger partial charge in [-0.25, -0.2) is 12.8 Å². The summed E-state index contributed by atoms with van der Waals surface area (Å²) < 4.78 is 45.9. The Bertz CT molecular complexity index is 944. The zero-order valence-corrected chi connectivity index (χ0v) is 16.9. The zero-order valence-electron chi connectivity index (χ0n) is 16.1. The van der Waals surface area contributed by atoms with Crippen LogP contribution in [0.2, 0.25) is 0 Å². The van der Waals surface area contributed by atoms with Gasteiger partial charge in [0.05, 0.1) is 19.3 Å². The number of carbonyl (C=O) groups excluding carboxylic acids is 1. The number of nitrogens with one attached hydrogen (secondary N) is 2. The lowest BCUT2D eigenvalue weighted by atomic mass is 10.2. The third-order valence-corrected chi connectivity index (χ3v) is 6.20. The van der Waals surface area contributed by atoms with E-state index in [4.69, 9.17) is 4.74 Å². The summed E-state index contributed by atoms with van der Waals surface area (Å²) in [5.74, 6) is -1.37. The maximum atomic E-state index is 13.7. The largest absolute Gasteiger partial charge is 0.378 e. The molecule has 0 aliphatic carbocycles. The van der Waals surface area contributed by atoms with Crippen LogP contribution in [-0.2, 0) is 26.1 Å². The summed E-state index contributed by atoms with van der Waals surface area (Å²) in [5.41, 5.74) is 1.98. The van der Waals surface area contributed by atoms with Gasteiger partial charge in [0, 0.05) is 25.3 Å². The number of carbonyl (C=O) groups is 1. The first-order valence-corrected chi connectivity index (χ1v) is 10.8. The van der Waals surface area contributed by atoms with Crippen molar-refractivity contribution in [3.05, 3.63) is 59.9 Å². The van der Waals surface area contributed by atoms with Gasteiger partial charge in [-0.3, -0.25) is 4.79 Å². The predicted molar refractivity (Wildman–Crippen MR) is 108 cm³/mol. The van der Waals surface area contributed by atoms with Crippen molar-refractivity contribution < 1.29 is 22.3 Å². The average Bonchev–Trinajstić information content (AvgIpc) is 2.73.